The van der Waals surface area contributed by atoms with Gasteiger partial charge in [-0.25, -0.2) is 8.42 Å². The minimum absolute atomic E-state index is 0.241. The zero-order valence-electron chi connectivity index (χ0n) is 14.7. The summed E-state index contributed by atoms with van der Waals surface area (Å²) in [5, 5.41) is 1.87. The molecule has 0 atom stereocenters. The summed E-state index contributed by atoms with van der Waals surface area (Å²) in [5.74, 6) is 0.342. The number of hydrogen-bond donors (Lipinski definition) is 0. The average Bonchev–Trinajstić information content (AvgIpc) is 3.09. The topological polar surface area (TPSA) is 34.1 Å². The average molecular weight is 365 g/mol. The fourth-order valence-corrected chi connectivity index (χ4v) is 4.49. The second-order valence-corrected chi connectivity index (χ2v) is 10.2. The fraction of sp³-hybridized carbons (Fsp3) is 0.500. The number of sulfone groups is 1. The van der Waals surface area contributed by atoms with Crippen LogP contribution in [0.5, 0.6) is 0 Å². The van der Waals surface area contributed by atoms with Gasteiger partial charge in [-0.3, -0.25) is 0 Å². The van der Waals surface area contributed by atoms with Crippen LogP contribution in [-0.2, 0) is 16.3 Å². The monoisotopic (exact) mass is 364 g/mol. The minimum atomic E-state index is -2.86. The molecule has 2 aromatic rings. The molecule has 2 rings (SSSR count). The zero-order chi connectivity index (χ0) is 17.4. The van der Waals surface area contributed by atoms with Gasteiger partial charge in [0.2, 0.25) is 0 Å². The fourth-order valence-electron chi connectivity index (χ4n) is 2.68. The second kappa shape index (κ2) is 9.38. The Morgan fingerprint density at radius 2 is 1.58 bits per heavy atom. The van der Waals surface area contributed by atoms with E-state index in [9.17, 15) is 8.42 Å². The van der Waals surface area contributed by atoms with Crippen LogP contribution in [0.4, 0.5) is 0 Å². The van der Waals surface area contributed by atoms with Gasteiger partial charge in [-0.15, -0.1) is 11.3 Å². The Balaban J connectivity index is 1.61. The summed E-state index contributed by atoms with van der Waals surface area (Å²) in [6.07, 6.45) is 6.40. The van der Waals surface area contributed by atoms with Crippen molar-refractivity contribution < 1.29 is 8.42 Å². The van der Waals surface area contributed by atoms with Crippen LogP contribution in [0.15, 0.2) is 41.8 Å². The minimum Gasteiger partial charge on any atom is -0.229 e. The third-order valence-electron chi connectivity index (χ3n) is 4.37. The molecule has 0 radical (unpaired) electrons. The molecule has 0 spiro atoms. The van der Waals surface area contributed by atoms with E-state index in [2.05, 4.69) is 41.8 Å². The van der Waals surface area contributed by atoms with E-state index < -0.39 is 9.84 Å². The van der Waals surface area contributed by atoms with Crippen LogP contribution in [0.25, 0.3) is 10.4 Å². The Bertz CT molecular complexity index is 684. The Hall–Kier alpha value is -1.13. The maximum Gasteiger partial charge on any atom is 0.152 e. The molecule has 0 N–H and O–H groups in total. The van der Waals surface area contributed by atoms with Gasteiger partial charge in [0.15, 0.2) is 9.84 Å². The van der Waals surface area contributed by atoms with E-state index in [0.29, 0.717) is 5.75 Å². The molecule has 2 nitrogen and oxygen atoms in total. The van der Waals surface area contributed by atoms with Crippen molar-refractivity contribution in [2.45, 2.75) is 57.6 Å². The van der Waals surface area contributed by atoms with Gasteiger partial charge < -0.3 is 0 Å². The van der Waals surface area contributed by atoms with Crippen LogP contribution >= 0.6 is 11.3 Å². The molecule has 4 heteroatoms. The van der Waals surface area contributed by atoms with Crippen molar-refractivity contribution in [2.75, 3.05) is 5.75 Å². The SMILES string of the molecule is CC(C)S(=O)(=O)CCCCCCCc1ccc(-c2cccs2)cc1. The molecule has 24 heavy (non-hydrogen) atoms. The molecule has 0 aliphatic carbocycles. The van der Waals surface area contributed by atoms with Gasteiger partial charge in [-0.1, -0.05) is 49.6 Å². The molecule has 0 unspecified atom stereocenters. The van der Waals surface area contributed by atoms with Crippen molar-refractivity contribution in [2.24, 2.45) is 0 Å². The molecule has 1 aromatic heterocycles. The molecule has 0 fully saturated rings. The number of aryl methyl sites for hydroxylation is 1. The predicted molar refractivity (Wildman–Crippen MR) is 105 cm³/mol. The number of unbranched alkanes of at least 4 members (excludes halogenated alkanes) is 4. The molecule has 1 heterocycles. The Labute approximate surface area is 150 Å². The Kier molecular flexibility index (Phi) is 7.50. The highest BCUT2D eigenvalue weighted by molar-refractivity contribution is 7.91. The third-order valence-corrected chi connectivity index (χ3v) is 7.59. The lowest BCUT2D eigenvalue weighted by Gasteiger charge is -2.07. The van der Waals surface area contributed by atoms with Gasteiger partial charge in [0, 0.05) is 4.88 Å². The van der Waals surface area contributed by atoms with E-state index >= 15 is 0 Å². The van der Waals surface area contributed by atoms with Crippen molar-refractivity contribution in [1.82, 2.24) is 0 Å². The highest BCUT2D eigenvalue weighted by atomic mass is 32.2. The molecule has 0 bridgehead atoms. The van der Waals surface area contributed by atoms with E-state index in [1.165, 1.54) is 28.8 Å². The zero-order valence-corrected chi connectivity index (χ0v) is 16.3. The van der Waals surface area contributed by atoms with Gasteiger partial charge in [-0.2, -0.15) is 0 Å². The van der Waals surface area contributed by atoms with Crippen molar-refractivity contribution >= 4 is 21.2 Å². The summed E-state index contributed by atoms with van der Waals surface area (Å²) in [6, 6.07) is 13.1. The molecule has 0 amide bonds. The van der Waals surface area contributed by atoms with Crippen LogP contribution in [0.3, 0.4) is 0 Å². The lowest BCUT2D eigenvalue weighted by atomic mass is 10.0. The van der Waals surface area contributed by atoms with Gasteiger partial charge in [0.25, 0.3) is 0 Å². The van der Waals surface area contributed by atoms with E-state index in [1.54, 1.807) is 25.2 Å². The van der Waals surface area contributed by atoms with Crippen molar-refractivity contribution in [1.29, 1.82) is 0 Å². The largest absolute Gasteiger partial charge is 0.229 e. The molecule has 0 saturated heterocycles. The van der Waals surface area contributed by atoms with Gasteiger partial charge in [-0.05, 0) is 55.7 Å². The van der Waals surface area contributed by atoms with Crippen LogP contribution in [0.1, 0.15) is 51.5 Å². The smallest absolute Gasteiger partial charge is 0.152 e. The molecule has 0 aliphatic rings. The lowest BCUT2D eigenvalue weighted by Crippen LogP contribution is -2.17. The van der Waals surface area contributed by atoms with E-state index in [1.807, 2.05) is 0 Å². The summed E-state index contributed by atoms with van der Waals surface area (Å²) in [5.41, 5.74) is 2.68. The predicted octanol–water partition coefficient (Wildman–Crippen LogP) is 5.73. The van der Waals surface area contributed by atoms with E-state index in [4.69, 9.17) is 0 Å². The summed E-state index contributed by atoms with van der Waals surface area (Å²) in [6.45, 7) is 3.53. The third kappa shape index (κ3) is 6.06. The first-order chi connectivity index (χ1) is 11.5. The van der Waals surface area contributed by atoms with Crippen LogP contribution in [0.2, 0.25) is 0 Å². The van der Waals surface area contributed by atoms with Gasteiger partial charge in [0.1, 0.15) is 0 Å². The molecular formula is C20H28O2S2. The van der Waals surface area contributed by atoms with Crippen molar-refractivity contribution in [3.63, 3.8) is 0 Å². The first kappa shape index (κ1) is 19.2. The van der Waals surface area contributed by atoms with Crippen LogP contribution in [0, 0.1) is 0 Å². The molecule has 1 aromatic carbocycles. The quantitative estimate of drug-likeness (QED) is 0.504. The van der Waals surface area contributed by atoms with Crippen molar-refractivity contribution in [3.8, 4) is 10.4 Å². The van der Waals surface area contributed by atoms with Crippen molar-refractivity contribution in [3.05, 3.63) is 47.3 Å². The Morgan fingerprint density at radius 1 is 0.917 bits per heavy atom. The highest BCUT2D eigenvalue weighted by Gasteiger charge is 2.14. The first-order valence-corrected chi connectivity index (χ1v) is 11.4. The summed E-state index contributed by atoms with van der Waals surface area (Å²) >= 11 is 1.77. The molecule has 132 valence electrons. The maximum atomic E-state index is 11.7. The molecular weight excluding hydrogens is 336 g/mol. The normalized spacial score (nSPS) is 12.0. The summed E-state index contributed by atoms with van der Waals surface area (Å²) in [7, 11) is -2.86. The van der Waals surface area contributed by atoms with Gasteiger partial charge in [0.05, 0.1) is 11.0 Å². The van der Waals surface area contributed by atoms with E-state index in [-0.39, 0.29) is 5.25 Å². The first-order valence-electron chi connectivity index (χ1n) is 8.83. The van der Waals surface area contributed by atoms with Crippen LogP contribution in [-0.4, -0.2) is 19.4 Å². The Morgan fingerprint density at radius 3 is 2.21 bits per heavy atom. The highest BCUT2D eigenvalue weighted by Crippen LogP contribution is 2.25. The standard InChI is InChI=1S/C20H28O2S2/c1-17(2)24(21,22)16-7-5-3-4-6-9-18-11-13-19(14-12-18)20-10-8-15-23-20/h8,10-15,17H,3-7,9,16H2,1-2H3. The maximum absolute atomic E-state index is 11.7. The lowest BCUT2D eigenvalue weighted by molar-refractivity contribution is 0.577. The number of thiophene rings is 1. The molecule has 0 saturated carbocycles. The second-order valence-electron chi connectivity index (χ2n) is 6.61. The summed E-state index contributed by atoms with van der Waals surface area (Å²) < 4.78 is 23.4. The number of rotatable bonds is 10. The van der Waals surface area contributed by atoms with Gasteiger partial charge >= 0.3 is 0 Å². The summed E-state index contributed by atoms with van der Waals surface area (Å²) in [4.78, 5) is 1.32. The number of hydrogen-bond acceptors (Lipinski definition) is 3. The number of benzene rings is 1. The molecule has 0 aliphatic heterocycles. The van der Waals surface area contributed by atoms with E-state index in [0.717, 1.165) is 25.7 Å². The van der Waals surface area contributed by atoms with Crippen LogP contribution < -0.4 is 0 Å².